The third-order valence-electron chi connectivity index (χ3n) is 4.67. The lowest BCUT2D eigenvalue weighted by atomic mass is 10.1. The minimum atomic E-state index is -0.281. The molecule has 1 aliphatic rings. The topological polar surface area (TPSA) is 29.5 Å². The minimum absolute atomic E-state index is 0.0195. The van der Waals surface area contributed by atoms with Crippen molar-refractivity contribution in [3.05, 3.63) is 65.5 Å². The fourth-order valence-electron chi connectivity index (χ4n) is 2.83. The zero-order valence-electron chi connectivity index (χ0n) is 15.6. The van der Waals surface area contributed by atoms with Crippen molar-refractivity contribution >= 4 is 29.4 Å². The van der Waals surface area contributed by atoms with Crippen LogP contribution in [0.25, 0.3) is 0 Å². The van der Waals surface area contributed by atoms with Crippen molar-refractivity contribution in [1.29, 1.82) is 0 Å². The van der Waals surface area contributed by atoms with Gasteiger partial charge >= 0.3 is 0 Å². The number of nitrogens with zero attached hydrogens (tertiary/aromatic N) is 1. The monoisotopic (exact) mass is 405 g/mol. The molecular formula is C21H24FNO2S2. The third kappa shape index (κ3) is 5.42. The van der Waals surface area contributed by atoms with E-state index in [9.17, 15) is 9.18 Å². The second-order valence-corrected chi connectivity index (χ2v) is 9.24. The summed E-state index contributed by atoms with van der Waals surface area (Å²) in [5, 5.41) is 0. The highest BCUT2D eigenvalue weighted by atomic mass is 32.2. The van der Waals surface area contributed by atoms with E-state index in [0.29, 0.717) is 10.3 Å². The summed E-state index contributed by atoms with van der Waals surface area (Å²) in [6, 6.07) is 14.1. The van der Waals surface area contributed by atoms with E-state index in [-0.39, 0.29) is 24.4 Å². The summed E-state index contributed by atoms with van der Waals surface area (Å²) in [7, 11) is 1.74. The summed E-state index contributed by atoms with van der Waals surface area (Å²) in [4.78, 5) is 14.1. The fraction of sp³-hybridized carbons (Fsp3) is 0.381. The van der Waals surface area contributed by atoms with Gasteiger partial charge < -0.3 is 9.64 Å². The maximum atomic E-state index is 13.1. The molecule has 1 fully saturated rings. The number of hydrogen-bond donors (Lipinski definition) is 0. The average molecular weight is 406 g/mol. The van der Waals surface area contributed by atoms with Crippen molar-refractivity contribution < 1.29 is 13.9 Å². The molecule has 0 radical (unpaired) electrons. The van der Waals surface area contributed by atoms with Crippen LogP contribution < -0.4 is 4.74 Å². The lowest BCUT2D eigenvalue weighted by Gasteiger charge is -2.25. The molecule has 2 aromatic rings. The lowest BCUT2D eigenvalue weighted by molar-refractivity contribution is -0.134. The molecular weight excluding hydrogens is 381 g/mol. The van der Waals surface area contributed by atoms with E-state index in [1.165, 1.54) is 35.6 Å². The van der Waals surface area contributed by atoms with Crippen LogP contribution in [0.4, 0.5) is 4.39 Å². The number of benzene rings is 2. The molecule has 3 nitrogen and oxygen atoms in total. The van der Waals surface area contributed by atoms with Gasteiger partial charge in [0, 0.05) is 7.05 Å². The molecule has 1 unspecified atom stereocenters. The normalized spacial score (nSPS) is 16.0. The smallest absolute Gasteiger partial charge is 0.260 e. The van der Waals surface area contributed by atoms with E-state index in [4.69, 9.17) is 4.74 Å². The number of halogens is 1. The van der Waals surface area contributed by atoms with Crippen LogP contribution >= 0.6 is 23.5 Å². The first-order valence-corrected chi connectivity index (χ1v) is 11.1. The van der Waals surface area contributed by atoms with Crippen LogP contribution in [-0.2, 0) is 4.79 Å². The zero-order valence-corrected chi connectivity index (χ0v) is 17.2. The maximum Gasteiger partial charge on any atom is 0.260 e. The molecule has 27 heavy (non-hydrogen) atoms. The van der Waals surface area contributed by atoms with Gasteiger partial charge in [-0.15, -0.1) is 23.5 Å². The third-order valence-corrected chi connectivity index (χ3v) is 7.68. The van der Waals surface area contributed by atoms with E-state index in [1.54, 1.807) is 24.1 Å². The molecule has 0 saturated carbocycles. The average Bonchev–Trinajstić information content (AvgIpc) is 2.72. The van der Waals surface area contributed by atoms with Crippen LogP contribution in [0.3, 0.4) is 0 Å². The molecule has 0 aromatic heterocycles. The van der Waals surface area contributed by atoms with Gasteiger partial charge in [-0.3, -0.25) is 4.79 Å². The molecule has 1 amide bonds. The summed E-state index contributed by atoms with van der Waals surface area (Å²) < 4.78 is 19.2. The molecule has 0 bridgehead atoms. The predicted octanol–water partition coefficient (Wildman–Crippen LogP) is 5.29. The van der Waals surface area contributed by atoms with Crippen molar-refractivity contribution in [3.63, 3.8) is 0 Å². The number of carbonyl (C=O) groups is 1. The molecule has 0 N–H and O–H groups in total. The van der Waals surface area contributed by atoms with Gasteiger partial charge in [0.25, 0.3) is 5.91 Å². The van der Waals surface area contributed by atoms with E-state index >= 15 is 0 Å². The Morgan fingerprint density at radius 1 is 1.15 bits per heavy atom. The Kier molecular flexibility index (Phi) is 7.07. The first kappa shape index (κ1) is 20.1. The highest BCUT2D eigenvalue weighted by molar-refractivity contribution is 8.16. The molecule has 3 rings (SSSR count). The number of carbonyl (C=O) groups excluding carboxylic acids is 1. The summed E-state index contributed by atoms with van der Waals surface area (Å²) in [5.74, 6) is 2.72. The fourth-order valence-corrected chi connectivity index (χ4v) is 5.72. The number of rotatable bonds is 6. The second-order valence-electron chi connectivity index (χ2n) is 6.52. The van der Waals surface area contributed by atoms with Crippen LogP contribution in [0, 0.1) is 5.82 Å². The van der Waals surface area contributed by atoms with E-state index in [0.717, 1.165) is 5.56 Å². The van der Waals surface area contributed by atoms with Crippen LogP contribution in [0.15, 0.2) is 48.5 Å². The Hall–Kier alpha value is -1.66. The SMILES string of the molecule is CC(c1ccc(F)cc1)N(C)C(=O)COc1ccc(C2SCCCS2)cc1. The first-order chi connectivity index (χ1) is 13.0. The minimum Gasteiger partial charge on any atom is -0.484 e. The van der Waals surface area contributed by atoms with Gasteiger partial charge in [0.15, 0.2) is 6.61 Å². The number of likely N-dealkylation sites (N-methyl/N-ethyl adjacent to an activating group) is 1. The van der Waals surface area contributed by atoms with E-state index < -0.39 is 0 Å². The first-order valence-electron chi connectivity index (χ1n) is 9.01. The summed E-state index contributed by atoms with van der Waals surface area (Å²) in [6.07, 6.45) is 1.28. The number of amides is 1. The van der Waals surface area contributed by atoms with Crippen molar-refractivity contribution in [2.45, 2.75) is 24.0 Å². The number of hydrogen-bond acceptors (Lipinski definition) is 4. The number of thioether (sulfide) groups is 2. The molecule has 144 valence electrons. The van der Waals surface area contributed by atoms with E-state index in [1.807, 2.05) is 42.6 Å². The van der Waals surface area contributed by atoms with Crippen molar-refractivity contribution in [2.75, 3.05) is 25.2 Å². The van der Waals surface area contributed by atoms with Crippen LogP contribution in [0.2, 0.25) is 0 Å². The maximum absolute atomic E-state index is 13.1. The Morgan fingerprint density at radius 2 is 1.78 bits per heavy atom. The molecule has 1 aliphatic heterocycles. The molecule has 2 aromatic carbocycles. The number of ether oxygens (including phenoxy) is 1. The Bertz CT molecular complexity index is 746. The van der Waals surface area contributed by atoms with Crippen molar-refractivity contribution in [3.8, 4) is 5.75 Å². The molecule has 1 saturated heterocycles. The lowest BCUT2D eigenvalue weighted by Crippen LogP contribution is -2.33. The highest BCUT2D eigenvalue weighted by Gasteiger charge is 2.19. The summed E-state index contributed by atoms with van der Waals surface area (Å²) in [5.41, 5.74) is 2.18. The summed E-state index contributed by atoms with van der Waals surface area (Å²) in [6.45, 7) is 1.90. The second kappa shape index (κ2) is 9.51. The Balaban J connectivity index is 1.52. The van der Waals surface area contributed by atoms with Gasteiger partial charge in [0.1, 0.15) is 11.6 Å². The van der Waals surface area contributed by atoms with Gasteiger partial charge in [-0.1, -0.05) is 24.3 Å². The molecule has 0 spiro atoms. The highest BCUT2D eigenvalue weighted by Crippen LogP contribution is 2.43. The molecule has 1 atom stereocenters. The predicted molar refractivity (Wildman–Crippen MR) is 112 cm³/mol. The molecule has 6 heteroatoms. The molecule has 0 aliphatic carbocycles. The van der Waals surface area contributed by atoms with Gasteiger partial charge in [0.2, 0.25) is 0 Å². The quantitative estimate of drug-likeness (QED) is 0.653. The molecule has 1 heterocycles. The van der Waals surface area contributed by atoms with Crippen LogP contribution in [-0.4, -0.2) is 36.0 Å². The van der Waals surface area contributed by atoms with Crippen molar-refractivity contribution in [2.24, 2.45) is 0 Å². The van der Waals surface area contributed by atoms with Gasteiger partial charge in [-0.2, -0.15) is 0 Å². The Labute approximate surface area is 168 Å². The van der Waals surface area contributed by atoms with Gasteiger partial charge in [-0.25, -0.2) is 4.39 Å². The zero-order chi connectivity index (χ0) is 19.2. The van der Waals surface area contributed by atoms with Crippen molar-refractivity contribution in [1.82, 2.24) is 4.90 Å². The van der Waals surface area contributed by atoms with Gasteiger partial charge in [0.05, 0.1) is 10.6 Å². The largest absolute Gasteiger partial charge is 0.484 e. The Morgan fingerprint density at radius 3 is 2.41 bits per heavy atom. The standard InChI is InChI=1S/C21H24FNO2S2/c1-15(16-4-8-18(22)9-5-16)23(2)20(24)14-25-19-10-6-17(7-11-19)21-26-12-3-13-27-21/h4-11,15,21H,3,12-14H2,1-2H3. The van der Waals surface area contributed by atoms with E-state index in [2.05, 4.69) is 12.1 Å². The van der Waals surface area contributed by atoms with Crippen LogP contribution in [0.1, 0.15) is 35.1 Å². The van der Waals surface area contributed by atoms with Crippen LogP contribution in [0.5, 0.6) is 5.75 Å². The van der Waals surface area contributed by atoms with Gasteiger partial charge in [-0.05, 0) is 60.2 Å². The summed E-state index contributed by atoms with van der Waals surface area (Å²) >= 11 is 3.97.